The topological polar surface area (TPSA) is 77.0 Å². The van der Waals surface area contributed by atoms with Gasteiger partial charge in [0.25, 0.3) is 5.89 Å². The van der Waals surface area contributed by atoms with Gasteiger partial charge in [-0.1, -0.05) is 5.16 Å². The molecule has 1 aliphatic rings. The largest absolute Gasteiger partial charge is 0.341 e. The number of carbonyl (C=O) groups excluding carboxylic acids is 1. The zero-order chi connectivity index (χ0) is 19.3. The first-order valence-corrected chi connectivity index (χ1v) is 9.49. The summed E-state index contributed by atoms with van der Waals surface area (Å²) in [4.78, 5) is 22.6. The van der Waals surface area contributed by atoms with E-state index < -0.39 is 0 Å². The minimum Gasteiger partial charge on any atom is -0.341 e. The first-order chi connectivity index (χ1) is 13.7. The maximum absolute atomic E-state index is 13.0. The molecular weight excluding hydrogens is 361 g/mol. The molecule has 0 aliphatic carbocycles. The van der Waals surface area contributed by atoms with Crippen molar-refractivity contribution in [1.82, 2.24) is 24.6 Å². The molecule has 4 rings (SSSR count). The number of piperidine rings is 1. The highest BCUT2D eigenvalue weighted by Gasteiger charge is 2.23. The molecule has 1 fully saturated rings. The van der Waals surface area contributed by atoms with Crippen molar-refractivity contribution in [1.29, 1.82) is 0 Å². The number of amides is 1. The van der Waals surface area contributed by atoms with Crippen LogP contribution in [0.2, 0.25) is 0 Å². The molecule has 1 amide bonds. The average molecular weight is 383 g/mol. The van der Waals surface area contributed by atoms with Gasteiger partial charge in [0.15, 0.2) is 5.82 Å². The summed E-state index contributed by atoms with van der Waals surface area (Å²) in [7, 11) is 0. The molecule has 3 heterocycles. The molecule has 28 heavy (non-hydrogen) atoms. The van der Waals surface area contributed by atoms with Gasteiger partial charge in [0.05, 0.1) is 6.33 Å². The van der Waals surface area contributed by atoms with E-state index in [4.69, 9.17) is 4.52 Å². The fourth-order valence-electron chi connectivity index (χ4n) is 3.51. The van der Waals surface area contributed by atoms with Crippen molar-refractivity contribution < 1.29 is 13.7 Å². The number of rotatable bonds is 6. The molecular formula is C20H22FN5O2. The Balaban J connectivity index is 1.23. The second-order valence-corrected chi connectivity index (χ2v) is 7.12. The van der Waals surface area contributed by atoms with Gasteiger partial charge in [-0.25, -0.2) is 9.37 Å². The molecule has 1 aromatic carbocycles. The fraction of sp³-hybridized carbons (Fsp3) is 0.400. The number of likely N-dealkylation sites (tertiary alicyclic amines) is 1. The highest BCUT2D eigenvalue weighted by molar-refractivity contribution is 5.76. The van der Waals surface area contributed by atoms with Crippen molar-refractivity contribution >= 4 is 5.91 Å². The van der Waals surface area contributed by atoms with E-state index in [1.54, 1.807) is 35.4 Å². The number of aromatic nitrogens is 4. The summed E-state index contributed by atoms with van der Waals surface area (Å²) in [5, 5.41) is 4.03. The molecule has 0 radical (unpaired) electrons. The number of halogens is 1. The van der Waals surface area contributed by atoms with Crippen LogP contribution in [0.3, 0.4) is 0 Å². The van der Waals surface area contributed by atoms with Crippen LogP contribution >= 0.6 is 0 Å². The van der Waals surface area contributed by atoms with Gasteiger partial charge in [0.2, 0.25) is 5.91 Å². The molecule has 8 heteroatoms. The summed E-state index contributed by atoms with van der Waals surface area (Å²) >= 11 is 0. The van der Waals surface area contributed by atoms with Crippen LogP contribution in [0.5, 0.6) is 0 Å². The van der Waals surface area contributed by atoms with E-state index in [0.717, 1.165) is 38.8 Å². The summed E-state index contributed by atoms with van der Waals surface area (Å²) in [5.41, 5.74) is 0.713. The lowest BCUT2D eigenvalue weighted by atomic mass is 9.92. The molecule has 0 saturated carbocycles. The zero-order valence-electron chi connectivity index (χ0n) is 15.5. The number of aryl methyl sites for hydroxylation is 1. The molecule has 0 bridgehead atoms. The monoisotopic (exact) mass is 383 g/mol. The summed E-state index contributed by atoms with van der Waals surface area (Å²) in [5.74, 6) is 1.47. The highest BCUT2D eigenvalue weighted by Crippen LogP contribution is 2.23. The molecule has 0 unspecified atom stereocenters. The third-order valence-electron chi connectivity index (χ3n) is 5.18. The summed E-state index contributed by atoms with van der Waals surface area (Å²) in [6.07, 6.45) is 8.81. The SMILES string of the molecule is O=C(Cn1ccnc1)N1CCC(CCc2noc(-c3ccc(F)cc3)n2)CC1. The van der Waals surface area contributed by atoms with E-state index in [2.05, 4.69) is 15.1 Å². The number of hydrogen-bond donors (Lipinski definition) is 0. The molecule has 0 spiro atoms. The summed E-state index contributed by atoms with van der Waals surface area (Å²) in [6, 6.07) is 6.01. The van der Waals surface area contributed by atoms with Crippen LogP contribution in [0.1, 0.15) is 25.1 Å². The van der Waals surface area contributed by atoms with Crippen LogP contribution < -0.4 is 0 Å². The van der Waals surface area contributed by atoms with E-state index in [0.29, 0.717) is 29.7 Å². The van der Waals surface area contributed by atoms with Crippen molar-refractivity contribution in [2.45, 2.75) is 32.2 Å². The van der Waals surface area contributed by atoms with Gasteiger partial charge in [0.1, 0.15) is 12.4 Å². The molecule has 3 aromatic rings. The van der Waals surface area contributed by atoms with Gasteiger partial charge in [-0.2, -0.15) is 4.98 Å². The summed E-state index contributed by atoms with van der Waals surface area (Å²) in [6.45, 7) is 1.91. The molecule has 0 N–H and O–H groups in total. The van der Waals surface area contributed by atoms with Gasteiger partial charge >= 0.3 is 0 Å². The lowest BCUT2D eigenvalue weighted by molar-refractivity contribution is -0.133. The van der Waals surface area contributed by atoms with Crippen LogP contribution in [0, 0.1) is 11.7 Å². The third kappa shape index (κ3) is 4.44. The van der Waals surface area contributed by atoms with E-state index >= 15 is 0 Å². The second kappa shape index (κ2) is 8.33. The smallest absolute Gasteiger partial charge is 0.257 e. The number of nitrogens with zero attached hydrogens (tertiary/aromatic N) is 5. The predicted octanol–water partition coefficient (Wildman–Crippen LogP) is 2.94. The van der Waals surface area contributed by atoms with Gasteiger partial charge in [-0.15, -0.1) is 0 Å². The van der Waals surface area contributed by atoms with Crippen LogP contribution in [0.15, 0.2) is 47.5 Å². The van der Waals surface area contributed by atoms with Crippen molar-refractivity contribution in [3.63, 3.8) is 0 Å². The third-order valence-corrected chi connectivity index (χ3v) is 5.18. The molecule has 146 valence electrons. The minimum atomic E-state index is -0.293. The zero-order valence-corrected chi connectivity index (χ0v) is 15.5. The Bertz CT molecular complexity index is 899. The lowest BCUT2D eigenvalue weighted by Gasteiger charge is -2.32. The van der Waals surface area contributed by atoms with Crippen molar-refractivity contribution in [2.24, 2.45) is 5.92 Å². The van der Waals surface area contributed by atoms with E-state index in [9.17, 15) is 9.18 Å². The second-order valence-electron chi connectivity index (χ2n) is 7.12. The molecule has 0 atom stereocenters. The minimum absolute atomic E-state index is 0.138. The Morgan fingerprint density at radius 3 is 2.71 bits per heavy atom. The number of hydrogen-bond acceptors (Lipinski definition) is 5. The molecule has 7 nitrogen and oxygen atoms in total. The Morgan fingerprint density at radius 1 is 1.21 bits per heavy atom. The standard InChI is InChI=1S/C20H22FN5O2/c21-17-4-2-16(3-5-17)20-23-18(24-28-20)6-1-15-7-10-26(11-8-15)19(27)13-25-12-9-22-14-25/h2-5,9,12,14-15H,1,6-8,10-11,13H2. The van der Waals surface area contributed by atoms with Crippen molar-refractivity contribution in [3.05, 3.63) is 54.6 Å². The normalized spacial score (nSPS) is 15.1. The first kappa shape index (κ1) is 18.3. The Hall–Kier alpha value is -3.03. The Kier molecular flexibility index (Phi) is 5.45. The quantitative estimate of drug-likeness (QED) is 0.654. The van der Waals surface area contributed by atoms with Gasteiger partial charge < -0.3 is 14.0 Å². The van der Waals surface area contributed by atoms with Crippen molar-refractivity contribution in [2.75, 3.05) is 13.1 Å². The van der Waals surface area contributed by atoms with Crippen LogP contribution in [-0.4, -0.2) is 43.6 Å². The highest BCUT2D eigenvalue weighted by atomic mass is 19.1. The van der Waals surface area contributed by atoms with Gasteiger partial charge in [-0.3, -0.25) is 4.79 Å². The van der Waals surface area contributed by atoms with Crippen LogP contribution in [0.4, 0.5) is 4.39 Å². The lowest BCUT2D eigenvalue weighted by Crippen LogP contribution is -2.40. The van der Waals surface area contributed by atoms with Gasteiger partial charge in [-0.05, 0) is 49.4 Å². The maximum Gasteiger partial charge on any atom is 0.257 e. The number of carbonyl (C=O) groups is 1. The van der Waals surface area contributed by atoms with E-state index in [1.807, 2.05) is 4.90 Å². The number of imidazole rings is 1. The van der Waals surface area contributed by atoms with Crippen molar-refractivity contribution in [3.8, 4) is 11.5 Å². The maximum atomic E-state index is 13.0. The van der Waals surface area contributed by atoms with E-state index in [1.165, 1.54) is 12.1 Å². The van der Waals surface area contributed by atoms with Gasteiger partial charge in [0, 0.05) is 37.5 Å². The fourth-order valence-corrected chi connectivity index (χ4v) is 3.51. The molecule has 1 aliphatic heterocycles. The molecule has 1 saturated heterocycles. The predicted molar refractivity (Wildman–Crippen MR) is 99.5 cm³/mol. The van der Waals surface area contributed by atoms with E-state index in [-0.39, 0.29) is 11.7 Å². The summed E-state index contributed by atoms with van der Waals surface area (Å²) < 4.78 is 20.1. The van der Waals surface area contributed by atoms with Crippen LogP contribution in [0.25, 0.3) is 11.5 Å². The Morgan fingerprint density at radius 2 is 2.00 bits per heavy atom. The van der Waals surface area contributed by atoms with Crippen LogP contribution in [-0.2, 0) is 17.8 Å². The number of benzene rings is 1. The molecule has 2 aromatic heterocycles. The first-order valence-electron chi connectivity index (χ1n) is 9.49. The average Bonchev–Trinajstić information content (AvgIpc) is 3.39. The Labute approximate surface area is 162 Å².